The van der Waals surface area contributed by atoms with Crippen LogP contribution in [0.25, 0.3) is 0 Å². The van der Waals surface area contributed by atoms with Gasteiger partial charge in [0, 0.05) is 19.3 Å². The molecule has 0 aromatic heterocycles. The Kier molecular flexibility index (Phi) is 47.5. The molecule has 6 nitrogen and oxygen atoms in total. The fourth-order valence-electron chi connectivity index (χ4n) is 6.84. The van der Waals surface area contributed by atoms with E-state index in [2.05, 4.69) is 106 Å². The van der Waals surface area contributed by atoms with Crippen LogP contribution < -0.4 is 0 Å². The molecule has 0 fully saturated rings. The summed E-state index contributed by atoms with van der Waals surface area (Å²) in [6.07, 6.45) is 64.2. The Bertz CT molecular complexity index is 1220. The van der Waals surface area contributed by atoms with Gasteiger partial charge in [-0.2, -0.15) is 0 Å². The number of hydrogen-bond acceptors (Lipinski definition) is 6. The maximum Gasteiger partial charge on any atom is 0.306 e. The van der Waals surface area contributed by atoms with Gasteiger partial charge >= 0.3 is 17.9 Å². The van der Waals surface area contributed by atoms with Crippen molar-refractivity contribution in [3.63, 3.8) is 0 Å². The van der Waals surface area contributed by atoms with Gasteiger partial charge in [0.2, 0.25) is 0 Å². The van der Waals surface area contributed by atoms with Crippen LogP contribution >= 0.6 is 0 Å². The first kappa shape index (κ1) is 58.6. The zero-order chi connectivity index (χ0) is 45.1. The molecule has 1 atom stereocenters. The highest BCUT2D eigenvalue weighted by Crippen LogP contribution is 2.13. The third-order valence-corrected chi connectivity index (χ3v) is 10.7. The highest BCUT2D eigenvalue weighted by molar-refractivity contribution is 5.71. The first-order chi connectivity index (χ1) is 30.5. The van der Waals surface area contributed by atoms with Crippen molar-refractivity contribution in [3.8, 4) is 0 Å². The average molecular weight is 863 g/mol. The molecule has 6 heteroatoms. The quantitative estimate of drug-likeness (QED) is 0.0199. The second-order valence-corrected chi connectivity index (χ2v) is 16.8. The molecule has 0 aromatic rings. The second kappa shape index (κ2) is 50.2. The minimum Gasteiger partial charge on any atom is -0.462 e. The van der Waals surface area contributed by atoms with Gasteiger partial charge in [-0.3, -0.25) is 14.4 Å². The molecule has 0 aromatic carbocycles. The van der Waals surface area contributed by atoms with Gasteiger partial charge in [0.25, 0.3) is 0 Å². The molecular formula is C56H94O6. The third kappa shape index (κ3) is 47.6. The molecule has 0 saturated carbocycles. The van der Waals surface area contributed by atoms with E-state index in [1.54, 1.807) is 0 Å². The Morgan fingerprint density at radius 1 is 0.355 bits per heavy atom. The van der Waals surface area contributed by atoms with Crippen LogP contribution in [0, 0.1) is 0 Å². The van der Waals surface area contributed by atoms with Gasteiger partial charge in [0.1, 0.15) is 13.2 Å². The van der Waals surface area contributed by atoms with Gasteiger partial charge in [-0.15, -0.1) is 0 Å². The molecule has 62 heavy (non-hydrogen) atoms. The largest absolute Gasteiger partial charge is 0.462 e. The molecule has 0 aliphatic carbocycles. The molecule has 0 amide bonds. The zero-order valence-corrected chi connectivity index (χ0v) is 40.4. The van der Waals surface area contributed by atoms with Gasteiger partial charge in [0.15, 0.2) is 6.10 Å². The Morgan fingerprint density at radius 3 is 1.18 bits per heavy atom. The predicted molar refractivity (Wildman–Crippen MR) is 265 cm³/mol. The van der Waals surface area contributed by atoms with Crippen molar-refractivity contribution >= 4 is 17.9 Å². The number of ether oxygens (including phenoxy) is 3. The topological polar surface area (TPSA) is 78.9 Å². The molecule has 0 spiro atoms. The summed E-state index contributed by atoms with van der Waals surface area (Å²) >= 11 is 0. The van der Waals surface area contributed by atoms with E-state index >= 15 is 0 Å². The number of rotatable bonds is 45. The number of allylic oxidation sites excluding steroid dienone is 14. The Hall–Kier alpha value is -3.41. The van der Waals surface area contributed by atoms with Gasteiger partial charge in [0.05, 0.1) is 0 Å². The minimum absolute atomic E-state index is 0.0986. The van der Waals surface area contributed by atoms with Crippen molar-refractivity contribution in [3.05, 3.63) is 85.1 Å². The molecule has 0 aliphatic heterocycles. The molecule has 0 aliphatic rings. The fraction of sp³-hybridized carbons (Fsp3) is 0.696. The SMILES string of the molecule is CC/C=C\C/C=C\CCCCCCCC(=O)OCC(COC(=O)CCCCCCC\C=C/C=C\C=C/C=C\CCCCC)OC(=O)CCCCC/C=C\CCCCCCCCC. The molecule has 354 valence electrons. The molecule has 0 bridgehead atoms. The molecule has 0 rings (SSSR count). The monoisotopic (exact) mass is 863 g/mol. The van der Waals surface area contributed by atoms with Crippen LogP contribution in [0.4, 0.5) is 0 Å². The third-order valence-electron chi connectivity index (χ3n) is 10.7. The molecule has 0 heterocycles. The van der Waals surface area contributed by atoms with E-state index < -0.39 is 6.10 Å². The van der Waals surface area contributed by atoms with Crippen molar-refractivity contribution in [2.75, 3.05) is 13.2 Å². The summed E-state index contributed by atoms with van der Waals surface area (Å²) in [5.41, 5.74) is 0. The Labute approximate surface area is 382 Å². The van der Waals surface area contributed by atoms with Crippen molar-refractivity contribution in [2.45, 2.75) is 239 Å². The first-order valence-electron chi connectivity index (χ1n) is 25.6. The van der Waals surface area contributed by atoms with E-state index in [-0.39, 0.29) is 31.1 Å². The highest BCUT2D eigenvalue weighted by atomic mass is 16.6. The molecule has 0 radical (unpaired) electrons. The predicted octanol–water partition coefficient (Wildman–Crippen LogP) is 16.8. The number of carbonyl (C=O) groups is 3. The highest BCUT2D eigenvalue weighted by Gasteiger charge is 2.19. The minimum atomic E-state index is -0.799. The van der Waals surface area contributed by atoms with E-state index in [1.165, 1.54) is 64.2 Å². The summed E-state index contributed by atoms with van der Waals surface area (Å²) < 4.78 is 16.7. The number of unbranched alkanes of at least 4 members (excludes halogenated alkanes) is 23. The maximum atomic E-state index is 12.8. The van der Waals surface area contributed by atoms with Gasteiger partial charge in [-0.1, -0.05) is 202 Å². The lowest BCUT2D eigenvalue weighted by Gasteiger charge is -2.18. The summed E-state index contributed by atoms with van der Waals surface area (Å²) in [6, 6.07) is 0. The standard InChI is InChI=1S/C56H94O6/c1-4-7-10-13-16-19-22-25-27-28-29-30-32-34-37-40-43-46-49-55(58)61-52-53(51-60-54(57)48-45-42-39-36-33-24-21-18-15-12-9-6-3)62-56(59)50-47-44-41-38-35-31-26-23-20-17-14-11-8-5-2/h9,12,16,18-19,21-22,25,27-31,35,53H,4-8,10-11,13-15,17,20,23-24,26,32-34,36-52H2,1-3H3/b12-9-,19-16-,21-18-,25-22-,28-27-,30-29-,35-31-. The van der Waals surface area contributed by atoms with Crippen LogP contribution in [0.3, 0.4) is 0 Å². The number of carbonyl (C=O) groups excluding carboxylic acids is 3. The number of esters is 3. The Balaban J connectivity index is 4.46. The van der Waals surface area contributed by atoms with Crippen molar-refractivity contribution in [1.29, 1.82) is 0 Å². The number of hydrogen-bond donors (Lipinski definition) is 0. The zero-order valence-electron chi connectivity index (χ0n) is 40.4. The van der Waals surface area contributed by atoms with Gasteiger partial charge in [-0.25, -0.2) is 0 Å². The normalized spacial score (nSPS) is 12.8. The van der Waals surface area contributed by atoms with E-state index in [4.69, 9.17) is 14.2 Å². The fourth-order valence-corrected chi connectivity index (χ4v) is 6.84. The van der Waals surface area contributed by atoms with Crippen molar-refractivity contribution in [1.82, 2.24) is 0 Å². The lowest BCUT2D eigenvalue weighted by atomic mass is 10.1. The van der Waals surface area contributed by atoms with E-state index in [9.17, 15) is 14.4 Å². The van der Waals surface area contributed by atoms with Crippen LogP contribution in [-0.4, -0.2) is 37.2 Å². The average Bonchev–Trinajstić information content (AvgIpc) is 3.27. The summed E-state index contributed by atoms with van der Waals surface area (Å²) in [7, 11) is 0. The second-order valence-electron chi connectivity index (χ2n) is 16.8. The van der Waals surface area contributed by atoms with E-state index in [0.717, 1.165) is 128 Å². The molecule has 0 N–H and O–H groups in total. The molecular weight excluding hydrogens is 769 g/mol. The van der Waals surface area contributed by atoms with Crippen LogP contribution in [-0.2, 0) is 28.6 Å². The Morgan fingerprint density at radius 2 is 0.694 bits per heavy atom. The summed E-state index contributed by atoms with van der Waals surface area (Å²) in [6.45, 7) is 6.43. The summed E-state index contributed by atoms with van der Waals surface area (Å²) in [4.78, 5) is 37.9. The van der Waals surface area contributed by atoms with Crippen LogP contribution in [0.5, 0.6) is 0 Å². The molecule has 0 saturated heterocycles. The van der Waals surface area contributed by atoms with E-state index in [0.29, 0.717) is 19.3 Å². The lowest BCUT2D eigenvalue weighted by Crippen LogP contribution is -2.30. The summed E-state index contributed by atoms with van der Waals surface area (Å²) in [5.74, 6) is -0.953. The first-order valence-corrected chi connectivity index (χ1v) is 25.6. The maximum absolute atomic E-state index is 12.8. The van der Waals surface area contributed by atoms with Crippen LogP contribution in [0.1, 0.15) is 233 Å². The molecule has 1 unspecified atom stereocenters. The summed E-state index contributed by atoms with van der Waals surface area (Å²) in [5, 5.41) is 0. The van der Waals surface area contributed by atoms with Crippen LogP contribution in [0.2, 0.25) is 0 Å². The van der Waals surface area contributed by atoms with Crippen molar-refractivity contribution in [2.24, 2.45) is 0 Å². The van der Waals surface area contributed by atoms with Crippen molar-refractivity contribution < 1.29 is 28.6 Å². The van der Waals surface area contributed by atoms with E-state index in [1.807, 2.05) is 0 Å². The lowest BCUT2D eigenvalue weighted by molar-refractivity contribution is -0.167. The van der Waals surface area contributed by atoms with Gasteiger partial charge in [-0.05, 0) is 96.3 Å². The smallest absolute Gasteiger partial charge is 0.306 e. The van der Waals surface area contributed by atoms with Crippen LogP contribution in [0.15, 0.2) is 85.1 Å². The van der Waals surface area contributed by atoms with Gasteiger partial charge < -0.3 is 14.2 Å².